The molecule has 1 aromatic carbocycles. The lowest BCUT2D eigenvalue weighted by atomic mass is 9.90. The van der Waals surface area contributed by atoms with Crippen molar-refractivity contribution in [1.82, 2.24) is 0 Å². The summed E-state index contributed by atoms with van der Waals surface area (Å²) in [5.74, 6) is 6.38. The number of anilines is 1. The molecule has 2 fully saturated rings. The van der Waals surface area contributed by atoms with Crippen molar-refractivity contribution < 1.29 is 14.2 Å². The molecular weight excluding hydrogens is 386 g/mol. The molecule has 3 rings (SSSR count). The maximum Gasteiger partial charge on any atom is 0.108 e. The third-order valence-electron chi connectivity index (χ3n) is 5.55. The van der Waals surface area contributed by atoms with Gasteiger partial charge in [-0.2, -0.15) is 0 Å². The second-order valence-electron chi connectivity index (χ2n) is 11.2. The summed E-state index contributed by atoms with van der Waals surface area (Å²) in [6.45, 7) is 16.1. The summed E-state index contributed by atoms with van der Waals surface area (Å²) in [6, 6.07) is 8.55. The standard InChI is InChI=1S/C27H41NO3/c1-26(2,3)20-29-16-8-10-21-9-7-11-22(17-21)28-14-12-23(13-15-28)30-24-18-25(19-24)31-27(4,5)6/h7,9,11,17,23-25H,12-16,18-20H2,1-6H3. The fourth-order valence-electron chi connectivity index (χ4n) is 4.07. The first-order valence-corrected chi connectivity index (χ1v) is 11.8. The molecule has 1 aromatic rings. The Morgan fingerprint density at radius 1 is 0.968 bits per heavy atom. The maximum absolute atomic E-state index is 6.34. The van der Waals surface area contributed by atoms with E-state index >= 15 is 0 Å². The summed E-state index contributed by atoms with van der Waals surface area (Å²) in [5, 5.41) is 0. The van der Waals surface area contributed by atoms with E-state index in [1.807, 2.05) is 0 Å². The largest absolute Gasteiger partial charge is 0.375 e. The Hall–Kier alpha value is -1.54. The SMILES string of the molecule is CC(C)(C)COCC#Cc1cccc(N2CCC(OC3CC(OC(C)(C)C)C3)CC2)c1. The Morgan fingerprint density at radius 2 is 1.68 bits per heavy atom. The number of rotatable bonds is 6. The van der Waals surface area contributed by atoms with Crippen LogP contribution in [0.5, 0.6) is 0 Å². The number of hydrogen-bond donors (Lipinski definition) is 0. The van der Waals surface area contributed by atoms with Crippen molar-refractivity contribution in [2.75, 3.05) is 31.2 Å². The lowest BCUT2D eigenvalue weighted by Crippen LogP contribution is -2.45. The number of benzene rings is 1. The van der Waals surface area contributed by atoms with Gasteiger partial charge in [0.15, 0.2) is 0 Å². The van der Waals surface area contributed by atoms with Crippen LogP contribution in [0.4, 0.5) is 5.69 Å². The van der Waals surface area contributed by atoms with E-state index in [2.05, 4.69) is 82.5 Å². The molecule has 0 spiro atoms. The molecular formula is C27H41NO3. The molecule has 1 saturated heterocycles. The fraction of sp³-hybridized carbons (Fsp3) is 0.704. The highest BCUT2D eigenvalue weighted by Crippen LogP contribution is 2.32. The summed E-state index contributed by atoms with van der Waals surface area (Å²) in [4.78, 5) is 2.45. The van der Waals surface area contributed by atoms with E-state index < -0.39 is 0 Å². The zero-order chi connectivity index (χ0) is 22.5. The fourth-order valence-corrected chi connectivity index (χ4v) is 4.07. The van der Waals surface area contributed by atoms with Crippen molar-refractivity contribution in [3.63, 3.8) is 0 Å². The second kappa shape index (κ2) is 10.4. The average molecular weight is 428 g/mol. The molecule has 4 nitrogen and oxygen atoms in total. The van der Waals surface area contributed by atoms with Gasteiger partial charge in [0.1, 0.15) is 6.61 Å². The molecule has 1 aliphatic carbocycles. The third-order valence-corrected chi connectivity index (χ3v) is 5.55. The lowest BCUT2D eigenvalue weighted by Gasteiger charge is -2.42. The molecule has 0 radical (unpaired) electrons. The molecule has 0 atom stereocenters. The molecule has 1 saturated carbocycles. The van der Waals surface area contributed by atoms with Crippen LogP contribution < -0.4 is 4.90 Å². The van der Waals surface area contributed by atoms with Crippen molar-refractivity contribution in [3.05, 3.63) is 29.8 Å². The molecule has 1 aliphatic heterocycles. The van der Waals surface area contributed by atoms with Gasteiger partial charge in [0.25, 0.3) is 0 Å². The van der Waals surface area contributed by atoms with E-state index in [0.717, 1.165) is 50.9 Å². The first-order valence-electron chi connectivity index (χ1n) is 11.8. The molecule has 0 bridgehead atoms. The van der Waals surface area contributed by atoms with E-state index in [1.54, 1.807) is 0 Å². The van der Waals surface area contributed by atoms with Crippen LogP contribution in [0.2, 0.25) is 0 Å². The van der Waals surface area contributed by atoms with Gasteiger partial charge in [-0.1, -0.05) is 38.7 Å². The third kappa shape index (κ3) is 8.48. The van der Waals surface area contributed by atoms with Crippen LogP contribution in [-0.2, 0) is 14.2 Å². The maximum atomic E-state index is 6.34. The number of hydrogen-bond acceptors (Lipinski definition) is 4. The second-order valence-corrected chi connectivity index (χ2v) is 11.2. The highest BCUT2D eigenvalue weighted by atomic mass is 16.5. The van der Waals surface area contributed by atoms with Crippen LogP contribution in [0.15, 0.2) is 24.3 Å². The van der Waals surface area contributed by atoms with Gasteiger partial charge in [-0.05, 0) is 70.1 Å². The molecule has 0 unspecified atom stereocenters. The molecule has 172 valence electrons. The molecule has 2 aliphatic rings. The summed E-state index contributed by atoms with van der Waals surface area (Å²) in [6.07, 6.45) is 5.36. The molecule has 0 N–H and O–H groups in total. The Bertz CT molecular complexity index is 751. The van der Waals surface area contributed by atoms with Gasteiger partial charge in [-0.15, -0.1) is 0 Å². The van der Waals surface area contributed by atoms with Crippen LogP contribution in [0, 0.1) is 17.3 Å². The van der Waals surface area contributed by atoms with Crippen LogP contribution in [-0.4, -0.2) is 50.2 Å². The molecule has 0 aromatic heterocycles. The van der Waals surface area contributed by atoms with Gasteiger partial charge in [0, 0.05) is 24.3 Å². The van der Waals surface area contributed by atoms with E-state index in [-0.39, 0.29) is 11.0 Å². The summed E-state index contributed by atoms with van der Waals surface area (Å²) < 4.78 is 18.0. The van der Waals surface area contributed by atoms with E-state index in [4.69, 9.17) is 14.2 Å². The highest BCUT2D eigenvalue weighted by Gasteiger charge is 2.35. The Morgan fingerprint density at radius 3 is 2.32 bits per heavy atom. The lowest BCUT2D eigenvalue weighted by molar-refractivity contribution is -0.164. The van der Waals surface area contributed by atoms with Gasteiger partial charge < -0.3 is 19.1 Å². The molecule has 0 amide bonds. The van der Waals surface area contributed by atoms with E-state index in [1.165, 1.54) is 5.69 Å². The number of piperidine rings is 1. The monoisotopic (exact) mass is 427 g/mol. The van der Waals surface area contributed by atoms with Crippen molar-refractivity contribution >= 4 is 5.69 Å². The van der Waals surface area contributed by atoms with Gasteiger partial charge in [-0.3, -0.25) is 0 Å². The van der Waals surface area contributed by atoms with Crippen molar-refractivity contribution in [2.24, 2.45) is 5.41 Å². The minimum absolute atomic E-state index is 0.0562. The van der Waals surface area contributed by atoms with Gasteiger partial charge >= 0.3 is 0 Å². The van der Waals surface area contributed by atoms with Gasteiger partial charge in [0.05, 0.1) is 30.5 Å². The minimum atomic E-state index is -0.0562. The summed E-state index contributed by atoms with van der Waals surface area (Å²) in [7, 11) is 0. The Labute approximate surface area is 189 Å². The predicted octanol–water partition coefficient (Wildman–Crippen LogP) is 5.43. The normalized spacial score (nSPS) is 22.6. The number of nitrogens with zero attached hydrogens (tertiary/aromatic N) is 1. The minimum Gasteiger partial charge on any atom is -0.375 e. The summed E-state index contributed by atoms with van der Waals surface area (Å²) in [5.41, 5.74) is 2.43. The van der Waals surface area contributed by atoms with Crippen LogP contribution in [0.25, 0.3) is 0 Å². The van der Waals surface area contributed by atoms with Crippen LogP contribution in [0.1, 0.15) is 72.8 Å². The van der Waals surface area contributed by atoms with Crippen molar-refractivity contribution in [1.29, 1.82) is 0 Å². The number of ether oxygens (including phenoxy) is 3. The smallest absolute Gasteiger partial charge is 0.108 e. The zero-order valence-electron chi connectivity index (χ0n) is 20.4. The van der Waals surface area contributed by atoms with E-state index in [0.29, 0.717) is 24.9 Å². The van der Waals surface area contributed by atoms with Gasteiger partial charge in [-0.25, -0.2) is 0 Å². The average Bonchev–Trinajstić information content (AvgIpc) is 2.65. The van der Waals surface area contributed by atoms with Gasteiger partial charge in [0.2, 0.25) is 0 Å². The Balaban J connectivity index is 1.40. The van der Waals surface area contributed by atoms with Crippen molar-refractivity contribution in [2.45, 2.75) is 91.1 Å². The molecule has 4 heteroatoms. The van der Waals surface area contributed by atoms with Crippen molar-refractivity contribution in [3.8, 4) is 11.8 Å². The topological polar surface area (TPSA) is 30.9 Å². The zero-order valence-corrected chi connectivity index (χ0v) is 20.4. The summed E-state index contributed by atoms with van der Waals surface area (Å²) >= 11 is 0. The predicted molar refractivity (Wildman–Crippen MR) is 128 cm³/mol. The quantitative estimate of drug-likeness (QED) is 0.447. The van der Waals surface area contributed by atoms with E-state index in [9.17, 15) is 0 Å². The van der Waals surface area contributed by atoms with Crippen LogP contribution in [0.3, 0.4) is 0 Å². The highest BCUT2D eigenvalue weighted by molar-refractivity contribution is 5.52. The first-order chi connectivity index (χ1) is 14.6. The molecule has 31 heavy (non-hydrogen) atoms. The Kier molecular flexibility index (Phi) is 8.08. The van der Waals surface area contributed by atoms with Crippen LogP contribution >= 0.6 is 0 Å². The molecule has 1 heterocycles. The first kappa shape index (κ1) is 24.1.